The third kappa shape index (κ3) is 4.16. The van der Waals surface area contributed by atoms with Crippen molar-refractivity contribution in [2.75, 3.05) is 0 Å². The number of rotatable bonds is 3. The zero-order valence-corrected chi connectivity index (χ0v) is 11.6. The first-order valence-corrected chi connectivity index (χ1v) is 6.03. The zero-order chi connectivity index (χ0) is 15.4. The SMILES string of the molecule is CC(=O)OC1C(OC(C)=O)[C@H](F)OC(C)[C@H]1OC(C)=O. The van der Waals surface area contributed by atoms with Crippen LogP contribution in [-0.4, -0.2) is 48.7 Å². The van der Waals surface area contributed by atoms with E-state index in [0.29, 0.717) is 0 Å². The summed E-state index contributed by atoms with van der Waals surface area (Å²) in [5, 5.41) is 0. The van der Waals surface area contributed by atoms with Crippen molar-refractivity contribution < 1.29 is 37.7 Å². The molecule has 0 spiro atoms. The van der Waals surface area contributed by atoms with Crippen LogP contribution in [-0.2, 0) is 33.3 Å². The second kappa shape index (κ2) is 6.65. The largest absolute Gasteiger partial charge is 0.456 e. The summed E-state index contributed by atoms with van der Waals surface area (Å²) < 4.78 is 33.4. The van der Waals surface area contributed by atoms with Crippen molar-refractivity contribution in [1.82, 2.24) is 0 Å². The molecule has 1 heterocycles. The van der Waals surface area contributed by atoms with Crippen molar-refractivity contribution in [3.8, 4) is 0 Å². The van der Waals surface area contributed by atoms with E-state index in [1.165, 1.54) is 6.92 Å². The predicted molar refractivity (Wildman–Crippen MR) is 62.1 cm³/mol. The van der Waals surface area contributed by atoms with Crippen LogP contribution in [0.15, 0.2) is 0 Å². The highest BCUT2D eigenvalue weighted by Crippen LogP contribution is 2.29. The zero-order valence-electron chi connectivity index (χ0n) is 11.6. The van der Waals surface area contributed by atoms with Crippen molar-refractivity contribution >= 4 is 17.9 Å². The Hall–Kier alpha value is -1.70. The van der Waals surface area contributed by atoms with Gasteiger partial charge in [-0.25, -0.2) is 4.39 Å². The molecule has 1 saturated heterocycles. The van der Waals surface area contributed by atoms with Gasteiger partial charge in [-0.05, 0) is 6.92 Å². The maximum Gasteiger partial charge on any atom is 0.303 e. The molecule has 7 nitrogen and oxygen atoms in total. The molecule has 3 unspecified atom stereocenters. The fourth-order valence-corrected chi connectivity index (χ4v) is 1.96. The van der Waals surface area contributed by atoms with Crippen LogP contribution >= 0.6 is 0 Å². The van der Waals surface area contributed by atoms with Crippen LogP contribution in [0.2, 0.25) is 0 Å². The lowest BCUT2D eigenvalue weighted by Crippen LogP contribution is -2.59. The fraction of sp³-hybridized carbons (Fsp3) is 0.750. The molecular formula is C12H17FO7. The number of halogens is 1. The number of hydrogen-bond donors (Lipinski definition) is 0. The molecular weight excluding hydrogens is 275 g/mol. The maximum atomic E-state index is 13.8. The molecule has 0 aromatic carbocycles. The van der Waals surface area contributed by atoms with Gasteiger partial charge < -0.3 is 18.9 Å². The average Bonchev–Trinajstić information content (AvgIpc) is 2.27. The molecule has 0 aromatic rings. The summed E-state index contributed by atoms with van der Waals surface area (Å²) in [5.41, 5.74) is 0. The van der Waals surface area contributed by atoms with E-state index in [4.69, 9.17) is 18.9 Å². The second-order valence-corrected chi connectivity index (χ2v) is 4.41. The van der Waals surface area contributed by atoms with Gasteiger partial charge in [-0.3, -0.25) is 14.4 Å². The van der Waals surface area contributed by atoms with Crippen molar-refractivity contribution in [2.24, 2.45) is 0 Å². The minimum Gasteiger partial charge on any atom is -0.456 e. The first kappa shape index (κ1) is 16.4. The first-order chi connectivity index (χ1) is 9.22. The van der Waals surface area contributed by atoms with E-state index in [-0.39, 0.29) is 0 Å². The van der Waals surface area contributed by atoms with Crippen molar-refractivity contribution in [1.29, 1.82) is 0 Å². The highest BCUT2D eigenvalue weighted by Gasteiger charge is 2.50. The molecule has 1 fully saturated rings. The number of carbonyl (C=O) groups excluding carboxylic acids is 3. The van der Waals surface area contributed by atoms with Gasteiger partial charge in [0.1, 0.15) is 0 Å². The quantitative estimate of drug-likeness (QED) is 0.552. The monoisotopic (exact) mass is 292 g/mol. The number of carbonyl (C=O) groups is 3. The molecule has 20 heavy (non-hydrogen) atoms. The lowest BCUT2D eigenvalue weighted by atomic mass is 9.99. The maximum absolute atomic E-state index is 13.8. The average molecular weight is 292 g/mol. The highest BCUT2D eigenvalue weighted by molar-refractivity contribution is 5.68. The summed E-state index contributed by atoms with van der Waals surface area (Å²) in [6.45, 7) is 4.81. The smallest absolute Gasteiger partial charge is 0.303 e. The van der Waals surface area contributed by atoms with Crippen LogP contribution in [0.1, 0.15) is 27.7 Å². The molecule has 0 aromatic heterocycles. The van der Waals surface area contributed by atoms with E-state index in [2.05, 4.69) is 0 Å². The Balaban J connectivity index is 3.01. The molecule has 8 heteroatoms. The molecule has 0 N–H and O–H groups in total. The van der Waals surface area contributed by atoms with Crippen LogP contribution < -0.4 is 0 Å². The highest BCUT2D eigenvalue weighted by atomic mass is 19.1. The summed E-state index contributed by atoms with van der Waals surface area (Å²) >= 11 is 0. The van der Waals surface area contributed by atoms with Crippen LogP contribution in [0.5, 0.6) is 0 Å². The van der Waals surface area contributed by atoms with Gasteiger partial charge in [-0.2, -0.15) is 0 Å². The Labute approximate surface area is 115 Å². The van der Waals surface area contributed by atoms with E-state index in [9.17, 15) is 18.8 Å². The van der Waals surface area contributed by atoms with Gasteiger partial charge in [0, 0.05) is 20.8 Å². The molecule has 0 amide bonds. The molecule has 0 radical (unpaired) electrons. The van der Waals surface area contributed by atoms with Crippen LogP contribution in [0, 0.1) is 0 Å². The van der Waals surface area contributed by atoms with Crippen molar-refractivity contribution in [3.05, 3.63) is 0 Å². The molecule has 0 saturated carbocycles. The van der Waals surface area contributed by atoms with Crippen LogP contribution in [0.25, 0.3) is 0 Å². The Kier molecular flexibility index (Phi) is 5.43. The van der Waals surface area contributed by atoms with Crippen molar-refractivity contribution in [2.45, 2.75) is 58.5 Å². The lowest BCUT2D eigenvalue weighted by Gasteiger charge is -2.40. The van der Waals surface area contributed by atoms with Gasteiger partial charge in [-0.1, -0.05) is 0 Å². The van der Waals surface area contributed by atoms with E-state index in [1.54, 1.807) is 0 Å². The second-order valence-electron chi connectivity index (χ2n) is 4.41. The molecule has 0 aliphatic carbocycles. The Morgan fingerprint density at radius 2 is 1.25 bits per heavy atom. The third-order valence-electron chi connectivity index (χ3n) is 2.62. The standard InChI is InChI=1S/C12H17FO7/c1-5-9(18-6(2)14)10(19-7(3)15)11(12(13)17-5)20-8(4)16/h5,9-12H,1-4H3/t5?,9-,10?,11?,12-/m1/s1. The molecule has 1 rings (SSSR count). The van der Waals surface area contributed by atoms with Gasteiger partial charge in [-0.15, -0.1) is 0 Å². The van der Waals surface area contributed by atoms with Gasteiger partial charge in [0.2, 0.25) is 6.36 Å². The Morgan fingerprint density at radius 3 is 1.70 bits per heavy atom. The summed E-state index contributed by atoms with van der Waals surface area (Å²) in [6, 6.07) is 0. The number of ether oxygens (including phenoxy) is 4. The minimum absolute atomic E-state index is 0.651. The number of alkyl halides is 1. The summed E-state index contributed by atoms with van der Waals surface area (Å²) in [4.78, 5) is 33.2. The molecule has 5 atom stereocenters. The predicted octanol–water partition coefficient (Wildman–Crippen LogP) is 0.496. The van der Waals surface area contributed by atoms with Gasteiger partial charge >= 0.3 is 17.9 Å². The summed E-state index contributed by atoms with van der Waals surface area (Å²) in [6.07, 6.45) is -6.65. The van der Waals surface area contributed by atoms with E-state index < -0.39 is 48.7 Å². The fourth-order valence-electron chi connectivity index (χ4n) is 1.96. The Bertz CT molecular complexity index is 369. The van der Waals surface area contributed by atoms with Crippen LogP contribution in [0.4, 0.5) is 4.39 Å². The van der Waals surface area contributed by atoms with E-state index in [1.807, 2.05) is 0 Å². The molecule has 114 valence electrons. The number of hydrogen-bond acceptors (Lipinski definition) is 7. The molecule has 1 aliphatic heterocycles. The van der Waals surface area contributed by atoms with Gasteiger partial charge in [0.05, 0.1) is 6.10 Å². The van der Waals surface area contributed by atoms with Gasteiger partial charge in [0.15, 0.2) is 18.3 Å². The summed E-state index contributed by atoms with van der Waals surface area (Å²) in [7, 11) is 0. The normalized spacial score (nSPS) is 33.1. The summed E-state index contributed by atoms with van der Waals surface area (Å²) in [5.74, 6) is -2.14. The van der Waals surface area contributed by atoms with Crippen LogP contribution in [0.3, 0.4) is 0 Å². The lowest BCUT2D eigenvalue weighted by molar-refractivity contribution is -0.268. The third-order valence-corrected chi connectivity index (χ3v) is 2.62. The minimum atomic E-state index is -1.98. The van der Waals surface area contributed by atoms with Gasteiger partial charge in [0.25, 0.3) is 0 Å². The first-order valence-electron chi connectivity index (χ1n) is 6.03. The van der Waals surface area contributed by atoms with E-state index in [0.717, 1.165) is 20.8 Å². The van der Waals surface area contributed by atoms with E-state index >= 15 is 0 Å². The molecule has 0 bridgehead atoms. The number of esters is 3. The molecule has 1 aliphatic rings. The Morgan fingerprint density at radius 1 is 0.850 bits per heavy atom. The van der Waals surface area contributed by atoms with Crippen molar-refractivity contribution in [3.63, 3.8) is 0 Å². The topological polar surface area (TPSA) is 88.1 Å².